The van der Waals surface area contributed by atoms with Crippen molar-refractivity contribution in [2.24, 2.45) is 5.73 Å². The third-order valence-electron chi connectivity index (χ3n) is 3.17. The van der Waals surface area contributed by atoms with Gasteiger partial charge in [-0.1, -0.05) is 30.3 Å². The summed E-state index contributed by atoms with van der Waals surface area (Å²) in [6.07, 6.45) is 0.694. The maximum Gasteiger partial charge on any atom is 0.344 e. The molecule has 2 aromatic rings. The van der Waals surface area contributed by atoms with Gasteiger partial charge in [0.15, 0.2) is 6.61 Å². The van der Waals surface area contributed by atoms with E-state index in [0.717, 1.165) is 16.3 Å². The molecule has 0 fully saturated rings. The Morgan fingerprint density at radius 1 is 1.24 bits per heavy atom. The number of nitrogens with two attached hydrogens (primary N) is 1. The first-order chi connectivity index (χ1) is 10.1. The van der Waals surface area contributed by atoms with Gasteiger partial charge in [0.25, 0.3) is 0 Å². The van der Waals surface area contributed by atoms with E-state index in [1.807, 2.05) is 37.3 Å². The van der Waals surface area contributed by atoms with Crippen LogP contribution in [0.15, 0.2) is 36.4 Å². The van der Waals surface area contributed by atoms with Gasteiger partial charge in [-0.2, -0.15) is 0 Å². The minimum absolute atomic E-state index is 0.0146. The summed E-state index contributed by atoms with van der Waals surface area (Å²) in [5, 5.41) is 2.24. The van der Waals surface area contributed by atoms with Gasteiger partial charge in [-0.3, -0.25) is 0 Å². The van der Waals surface area contributed by atoms with Gasteiger partial charge in [-0.05, 0) is 37.1 Å². The first kappa shape index (κ1) is 15.3. The Balaban J connectivity index is 2.31. The number of hydrogen-bond donors (Lipinski definition) is 1. The average Bonchev–Trinajstić information content (AvgIpc) is 2.46. The van der Waals surface area contributed by atoms with Crippen LogP contribution in [0, 0.1) is 0 Å². The maximum atomic E-state index is 11.4. The lowest BCUT2D eigenvalue weighted by atomic mass is 9.98. The van der Waals surface area contributed by atoms with Gasteiger partial charge in [-0.15, -0.1) is 0 Å². The second-order valence-corrected chi connectivity index (χ2v) is 5.04. The summed E-state index contributed by atoms with van der Waals surface area (Å²) in [6.45, 7) is 4.00. The Morgan fingerprint density at radius 3 is 2.71 bits per heavy atom. The van der Waals surface area contributed by atoms with Crippen molar-refractivity contribution in [3.05, 3.63) is 42.0 Å². The molecule has 0 aromatic heterocycles. The summed E-state index contributed by atoms with van der Waals surface area (Å²) in [6, 6.07) is 12.0. The fraction of sp³-hybridized carbons (Fsp3) is 0.353. The van der Waals surface area contributed by atoms with Crippen LogP contribution in [0.1, 0.15) is 19.4 Å². The molecule has 0 aliphatic rings. The number of rotatable bonds is 6. The molecular formula is C17H21NO3. The van der Waals surface area contributed by atoms with E-state index in [4.69, 9.17) is 15.2 Å². The van der Waals surface area contributed by atoms with E-state index < -0.39 is 0 Å². The summed E-state index contributed by atoms with van der Waals surface area (Å²) in [5.74, 6) is 0.330. The lowest BCUT2D eigenvalue weighted by molar-refractivity contribution is -0.145. The molecule has 21 heavy (non-hydrogen) atoms. The highest BCUT2D eigenvalue weighted by Crippen LogP contribution is 2.29. The predicted octanol–water partition coefficient (Wildman–Crippen LogP) is 2.67. The monoisotopic (exact) mass is 287 g/mol. The van der Waals surface area contributed by atoms with Crippen molar-refractivity contribution in [3.8, 4) is 5.75 Å². The Kier molecular flexibility index (Phi) is 5.17. The van der Waals surface area contributed by atoms with E-state index in [-0.39, 0.29) is 18.6 Å². The van der Waals surface area contributed by atoms with Gasteiger partial charge in [0, 0.05) is 11.6 Å². The maximum absolute atomic E-state index is 11.4. The topological polar surface area (TPSA) is 61.5 Å². The summed E-state index contributed by atoms with van der Waals surface area (Å²) in [5.41, 5.74) is 6.98. The van der Waals surface area contributed by atoms with Crippen LogP contribution in [0.4, 0.5) is 0 Å². The third kappa shape index (κ3) is 3.95. The number of carbonyl (C=O) groups is 1. The van der Waals surface area contributed by atoms with Crippen LogP contribution < -0.4 is 10.5 Å². The lowest BCUT2D eigenvalue weighted by Gasteiger charge is -2.15. The van der Waals surface area contributed by atoms with E-state index in [1.54, 1.807) is 6.92 Å². The molecule has 4 nitrogen and oxygen atoms in total. The molecule has 0 amide bonds. The number of benzene rings is 2. The van der Waals surface area contributed by atoms with Gasteiger partial charge in [-0.25, -0.2) is 4.79 Å². The smallest absolute Gasteiger partial charge is 0.344 e. The molecule has 0 aliphatic carbocycles. The molecule has 2 rings (SSSR count). The molecule has 2 N–H and O–H groups in total. The number of hydrogen-bond acceptors (Lipinski definition) is 4. The molecule has 0 saturated heterocycles. The minimum Gasteiger partial charge on any atom is -0.482 e. The Labute approximate surface area is 124 Å². The number of esters is 1. The molecule has 0 spiro atoms. The molecule has 1 unspecified atom stereocenters. The fourth-order valence-electron chi connectivity index (χ4n) is 2.32. The van der Waals surface area contributed by atoms with Crippen molar-refractivity contribution >= 4 is 16.7 Å². The molecule has 2 aromatic carbocycles. The van der Waals surface area contributed by atoms with Gasteiger partial charge in [0.2, 0.25) is 0 Å². The number of carbonyl (C=O) groups excluding carboxylic acids is 1. The van der Waals surface area contributed by atoms with E-state index in [9.17, 15) is 4.79 Å². The number of ether oxygens (including phenoxy) is 2. The van der Waals surface area contributed by atoms with Crippen molar-refractivity contribution in [1.82, 2.24) is 0 Å². The third-order valence-corrected chi connectivity index (χ3v) is 3.17. The Hall–Kier alpha value is -2.07. The standard InChI is InChI=1S/C17H21NO3/c1-3-20-17(19)11-21-16-9-8-13-6-4-5-7-14(13)15(16)10-12(2)18/h4-9,12H,3,10-11,18H2,1-2H3. The van der Waals surface area contributed by atoms with Crippen molar-refractivity contribution in [2.45, 2.75) is 26.3 Å². The Bertz CT molecular complexity index is 622. The molecule has 0 heterocycles. The predicted molar refractivity (Wildman–Crippen MR) is 83.4 cm³/mol. The van der Waals surface area contributed by atoms with E-state index in [1.165, 1.54) is 0 Å². The summed E-state index contributed by atoms with van der Waals surface area (Å²) in [4.78, 5) is 11.4. The second kappa shape index (κ2) is 7.09. The molecular weight excluding hydrogens is 266 g/mol. The van der Waals surface area contributed by atoms with Crippen molar-refractivity contribution in [3.63, 3.8) is 0 Å². The van der Waals surface area contributed by atoms with Crippen LogP contribution in [0.25, 0.3) is 10.8 Å². The fourth-order valence-corrected chi connectivity index (χ4v) is 2.32. The van der Waals surface area contributed by atoms with Crippen LogP contribution in [-0.2, 0) is 16.0 Å². The van der Waals surface area contributed by atoms with E-state index in [0.29, 0.717) is 18.8 Å². The first-order valence-electron chi connectivity index (χ1n) is 7.16. The first-order valence-corrected chi connectivity index (χ1v) is 7.16. The zero-order valence-corrected chi connectivity index (χ0v) is 12.5. The highest BCUT2D eigenvalue weighted by molar-refractivity contribution is 5.88. The van der Waals surface area contributed by atoms with Gasteiger partial charge in [0.05, 0.1) is 6.61 Å². The van der Waals surface area contributed by atoms with E-state index in [2.05, 4.69) is 6.07 Å². The van der Waals surface area contributed by atoms with Crippen molar-refractivity contribution < 1.29 is 14.3 Å². The van der Waals surface area contributed by atoms with Crippen LogP contribution >= 0.6 is 0 Å². The van der Waals surface area contributed by atoms with Crippen LogP contribution in [-0.4, -0.2) is 25.2 Å². The summed E-state index contributed by atoms with van der Waals surface area (Å²) >= 11 is 0. The molecule has 112 valence electrons. The van der Waals surface area contributed by atoms with Crippen LogP contribution in [0.5, 0.6) is 5.75 Å². The lowest BCUT2D eigenvalue weighted by Crippen LogP contribution is -2.20. The zero-order chi connectivity index (χ0) is 15.2. The van der Waals surface area contributed by atoms with Gasteiger partial charge < -0.3 is 15.2 Å². The van der Waals surface area contributed by atoms with Gasteiger partial charge >= 0.3 is 5.97 Å². The zero-order valence-electron chi connectivity index (χ0n) is 12.5. The molecule has 4 heteroatoms. The summed E-state index contributed by atoms with van der Waals surface area (Å²) < 4.78 is 10.5. The largest absolute Gasteiger partial charge is 0.482 e. The molecule has 0 saturated carbocycles. The van der Waals surface area contributed by atoms with Crippen molar-refractivity contribution in [2.75, 3.05) is 13.2 Å². The summed E-state index contributed by atoms with van der Waals surface area (Å²) in [7, 11) is 0. The SMILES string of the molecule is CCOC(=O)COc1ccc2ccccc2c1CC(C)N. The average molecular weight is 287 g/mol. The minimum atomic E-state index is -0.364. The van der Waals surface area contributed by atoms with Crippen molar-refractivity contribution in [1.29, 1.82) is 0 Å². The highest BCUT2D eigenvalue weighted by Gasteiger charge is 2.12. The normalized spacial score (nSPS) is 12.1. The van der Waals surface area contributed by atoms with Gasteiger partial charge in [0.1, 0.15) is 5.75 Å². The second-order valence-electron chi connectivity index (χ2n) is 5.04. The molecule has 0 radical (unpaired) electrons. The van der Waals surface area contributed by atoms with E-state index >= 15 is 0 Å². The molecule has 0 bridgehead atoms. The Morgan fingerprint density at radius 2 is 2.00 bits per heavy atom. The molecule has 0 aliphatic heterocycles. The number of fused-ring (bicyclic) bond motifs is 1. The van der Waals surface area contributed by atoms with Crippen LogP contribution in [0.2, 0.25) is 0 Å². The molecule has 1 atom stereocenters. The van der Waals surface area contributed by atoms with Crippen LogP contribution in [0.3, 0.4) is 0 Å². The quantitative estimate of drug-likeness (QED) is 0.830. The highest BCUT2D eigenvalue weighted by atomic mass is 16.6.